The molecule has 4 nitrogen and oxygen atoms in total. The number of para-hydroxylation sites is 2. The maximum atomic E-state index is 4.35. The zero-order valence-corrected chi connectivity index (χ0v) is 8.22. The van der Waals surface area contributed by atoms with Gasteiger partial charge in [-0.3, -0.25) is 0 Å². The first kappa shape index (κ1) is 7.12. The van der Waals surface area contributed by atoms with Gasteiger partial charge < -0.3 is 0 Å². The minimum atomic E-state index is -0.0420. The molecule has 0 spiro atoms. The van der Waals surface area contributed by atoms with Gasteiger partial charge in [-0.15, -0.1) is 0 Å². The minimum absolute atomic E-state index is 0.0420. The van der Waals surface area contributed by atoms with Gasteiger partial charge in [0.05, 0.1) is 0 Å². The third-order valence-corrected chi connectivity index (χ3v) is 2.86. The van der Waals surface area contributed by atoms with Crippen molar-refractivity contribution in [3.05, 3.63) is 24.3 Å². The van der Waals surface area contributed by atoms with E-state index in [1.54, 1.807) is 0 Å². The number of hydrogen-bond donors (Lipinski definition) is 0. The Labute approximate surface area is 79.9 Å². The van der Waals surface area contributed by atoms with Crippen LogP contribution >= 0.6 is 0 Å². The van der Waals surface area contributed by atoms with Crippen LogP contribution in [-0.2, 0) is 0 Å². The molecule has 0 saturated carbocycles. The van der Waals surface area contributed by atoms with Crippen LogP contribution in [0.3, 0.4) is 0 Å². The number of nitrogens with zero attached hydrogens (tertiary/aromatic N) is 4. The first-order valence-corrected chi connectivity index (χ1v) is 5.32. The predicted octanol–water partition coefficient (Wildman–Crippen LogP) is 0.630. The first-order valence-electron chi connectivity index (χ1n) is 3.78. The summed E-state index contributed by atoms with van der Waals surface area (Å²) in [5, 5.41) is 0. The summed E-state index contributed by atoms with van der Waals surface area (Å²) in [6, 6.07) is 7.76. The SMILES string of the molecule is c1ccc2nc3n[se]nc3nc2c1. The summed E-state index contributed by atoms with van der Waals surface area (Å²) >= 11 is -0.0420. The average Bonchev–Trinajstić information content (AvgIpc) is 2.61. The fraction of sp³-hybridized carbons (Fsp3) is 0. The van der Waals surface area contributed by atoms with Crippen LogP contribution in [0.15, 0.2) is 24.3 Å². The summed E-state index contributed by atoms with van der Waals surface area (Å²) < 4.78 is 8.34. The molecule has 0 aliphatic heterocycles. The Morgan fingerprint density at radius 2 is 1.38 bits per heavy atom. The van der Waals surface area contributed by atoms with Crippen molar-refractivity contribution in [3.63, 3.8) is 0 Å². The summed E-state index contributed by atoms with van der Waals surface area (Å²) in [4.78, 5) is 8.70. The Kier molecular flexibility index (Phi) is 1.41. The molecule has 13 heavy (non-hydrogen) atoms. The molecule has 0 fully saturated rings. The monoisotopic (exact) mass is 236 g/mol. The fourth-order valence-electron chi connectivity index (χ4n) is 1.20. The molecule has 0 radical (unpaired) electrons. The molecule has 2 aromatic heterocycles. The summed E-state index contributed by atoms with van der Waals surface area (Å²) in [5.74, 6) is 0. The van der Waals surface area contributed by atoms with Gasteiger partial charge in [0.15, 0.2) is 0 Å². The molecule has 2 heterocycles. The molecule has 0 bridgehead atoms. The van der Waals surface area contributed by atoms with E-state index in [-0.39, 0.29) is 15.0 Å². The second kappa shape index (κ2) is 2.58. The van der Waals surface area contributed by atoms with Crippen molar-refractivity contribution in [2.75, 3.05) is 0 Å². The van der Waals surface area contributed by atoms with Crippen LogP contribution in [0.5, 0.6) is 0 Å². The molecule has 0 N–H and O–H groups in total. The van der Waals surface area contributed by atoms with Gasteiger partial charge >= 0.3 is 79.5 Å². The molecular weight excluding hydrogens is 231 g/mol. The zero-order valence-electron chi connectivity index (χ0n) is 6.51. The van der Waals surface area contributed by atoms with Crippen molar-refractivity contribution in [1.82, 2.24) is 17.9 Å². The quantitative estimate of drug-likeness (QED) is 0.536. The van der Waals surface area contributed by atoms with E-state index in [0.29, 0.717) is 11.3 Å². The van der Waals surface area contributed by atoms with E-state index in [0.717, 1.165) is 11.0 Å². The summed E-state index contributed by atoms with van der Waals surface area (Å²) in [5.41, 5.74) is 3.16. The van der Waals surface area contributed by atoms with Crippen LogP contribution in [0, 0.1) is 0 Å². The summed E-state index contributed by atoms with van der Waals surface area (Å²) in [6.07, 6.45) is 0. The van der Waals surface area contributed by atoms with E-state index in [4.69, 9.17) is 0 Å². The van der Waals surface area contributed by atoms with E-state index in [2.05, 4.69) is 17.9 Å². The number of rotatable bonds is 0. The van der Waals surface area contributed by atoms with Crippen LogP contribution in [0.4, 0.5) is 0 Å². The maximum absolute atomic E-state index is 4.35. The van der Waals surface area contributed by atoms with Crippen LogP contribution in [0.2, 0.25) is 0 Å². The molecule has 0 unspecified atom stereocenters. The molecule has 0 amide bonds. The van der Waals surface area contributed by atoms with E-state index in [1.807, 2.05) is 24.3 Å². The number of aromatic nitrogens is 4. The van der Waals surface area contributed by atoms with E-state index < -0.39 is 0 Å². The summed E-state index contributed by atoms with van der Waals surface area (Å²) in [6.45, 7) is 0. The van der Waals surface area contributed by atoms with Gasteiger partial charge in [-0.1, -0.05) is 0 Å². The van der Waals surface area contributed by atoms with Gasteiger partial charge in [0.2, 0.25) is 0 Å². The standard InChI is InChI=1S/C8H4N4Se/c1-2-4-6-5(3-1)9-7-8(10-6)12-13-11-7/h1-4H. The van der Waals surface area contributed by atoms with Gasteiger partial charge in [0, 0.05) is 0 Å². The molecule has 5 heteroatoms. The van der Waals surface area contributed by atoms with Gasteiger partial charge in [0.25, 0.3) is 0 Å². The number of fused-ring (bicyclic) bond motifs is 2. The molecule has 3 aromatic rings. The number of hydrogen-bond acceptors (Lipinski definition) is 4. The van der Waals surface area contributed by atoms with Gasteiger partial charge in [-0.2, -0.15) is 0 Å². The van der Waals surface area contributed by atoms with Gasteiger partial charge in [0.1, 0.15) is 0 Å². The fourth-order valence-corrected chi connectivity index (χ4v) is 2.13. The van der Waals surface area contributed by atoms with Crippen molar-refractivity contribution < 1.29 is 0 Å². The molecule has 0 saturated heterocycles. The number of benzene rings is 1. The normalized spacial score (nSPS) is 11.1. The Morgan fingerprint density at radius 3 is 1.92 bits per heavy atom. The van der Waals surface area contributed by atoms with Crippen molar-refractivity contribution in [1.29, 1.82) is 0 Å². The summed E-state index contributed by atoms with van der Waals surface area (Å²) in [7, 11) is 0. The third-order valence-electron chi connectivity index (χ3n) is 1.79. The zero-order chi connectivity index (χ0) is 8.67. The average molecular weight is 235 g/mol. The second-order valence-corrected chi connectivity index (χ2v) is 3.73. The predicted molar refractivity (Wildman–Crippen MR) is 49.6 cm³/mol. The Hall–Kier alpha value is -1.32. The molecule has 3 rings (SSSR count). The van der Waals surface area contributed by atoms with Crippen molar-refractivity contribution >= 4 is 37.3 Å². The third kappa shape index (κ3) is 1.05. The van der Waals surface area contributed by atoms with Crippen LogP contribution in [0.1, 0.15) is 0 Å². The van der Waals surface area contributed by atoms with Gasteiger partial charge in [-0.05, 0) is 0 Å². The molecule has 0 aliphatic carbocycles. The van der Waals surface area contributed by atoms with Crippen molar-refractivity contribution in [2.24, 2.45) is 0 Å². The van der Waals surface area contributed by atoms with E-state index in [1.165, 1.54) is 0 Å². The Balaban J connectivity index is 2.57. The van der Waals surface area contributed by atoms with E-state index >= 15 is 0 Å². The van der Waals surface area contributed by atoms with Crippen molar-refractivity contribution in [3.8, 4) is 0 Å². The molecule has 0 aliphatic rings. The molecule has 0 atom stereocenters. The molecule has 1 aromatic carbocycles. The van der Waals surface area contributed by atoms with Crippen molar-refractivity contribution in [2.45, 2.75) is 0 Å². The molecule has 62 valence electrons. The van der Waals surface area contributed by atoms with Crippen LogP contribution in [0.25, 0.3) is 22.3 Å². The topological polar surface area (TPSA) is 51.6 Å². The Bertz CT molecular complexity index is 525. The van der Waals surface area contributed by atoms with E-state index in [9.17, 15) is 0 Å². The first-order chi connectivity index (χ1) is 6.43. The van der Waals surface area contributed by atoms with Crippen LogP contribution < -0.4 is 0 Å². The Morgan fingerprint density at radius 1 is 0.846 bits per heavy atom. The second-order valence-electron chi connectivity index (χ2n) is 2.62. The van der Waals surface area contributed by atoms with Gasteiger partial charge in [-0.25, -0.2) is 0 Å². The van der Waals surface area contributed by atoms with Crippen LogP contribution in [-0.4, -0.2) is 32.9 Å². The molecular formula is C8H4N4Se.